The zero-order valence-electron chi connectivity index (χ0n) is 6.57. The van der Waals surface area contributed by atoms with Gasteiger partial charge in [-0.2, -0.15) is 0 Å². The lowest BCUT2D eigenvalue weighted by Gasteiger charge is -2.37. The van der Waals surface area contributed by atoms with E-state index < -0.39 is 0 Å². The molecular formula is C8H11N3. The highest BCUT2D eigenvalue weighted by Crippen LogP contribution is 2.20. The minimum Gasteiger partial charge on any atom is -0.356 e. The maximum Gasteiger partial charge on any atom is 0.131 e. The molecule has 0 saturated carbocycles. The predicted molar refractivity (Wildman–Crippen MR) is 43.4 cm³/mol. The van der Waals surface area contributed by atoms with Crippen molar-refractivity contribution in [3.05, 3.63) is 18.6 Å². The predicted octanol–water partition coefficient (Wildman–Crippen LogP) is 0.933. The summed E-state index contributed by atoms with van der Waals surface area (Å²) in [6, 6.07) is 1.95. The van der Waals surface area contributed by atoms with Crippen molar-refractivity contribution in [3.8, 4) is 0 Å². The highest BCUT2D eigenvalue weighted by molar-refractivity contribution is 5.39. The van der Waals surface area contributed by atoms with E-state index >= 15 is 0 Å². The highest BCUT2D eigenvalue weighted by Gasteiger charge is 2.22. The van der Waals surface area contributed by atoms with E-state index in [2.05, 4.69) is 21.8 Å². The van der Waals surface area contributed by atoms with Crippen LogP contribution in [0.2, 0.25) is 0 Å². The lowest BCUT2D eigenvalue weighted by Crippen LogP contribution is -2.45. The first-order chi connectivity index (χ1) is 5.36. The molecule has 1 saturated heterocycles. The minimum absolute atomic E-state index is 0.824. The molecule has 0 N–H and O–H groups in total. The number of rotatable bonds is 1. The largest absolute Gasteiger partial charge is 0.356 e. The molecule has 1 fully saturated rings. The van der Waals surface area contributed by atoms with Gasteiger partial charge in [0.1, 0.15) is 12.1 Å². The van der Waals surface area contributed by atoms with Gasteiger partial charge in [-0.25, -0.2) is 9.97 Å². The van der Waals surface area contributed by atoms with E-state index in [1.807, 2.05) is 6.07 Å². The summed E-state index contributed by atoms with van der Waals surface area (Å²) in [4.78, 5) is 10.3. The Balaban J connectivity index is 2.08. The van der Waals surface area contributed by atoms with Crippen molar-refractivity contribution in [2.45, 2.75) is 6.92 Å². The Labute approximate surface area is 66.1 Å². The van der Waals surface area contributed by atoms with E-state index in [1.165, 1.54) is 0 Å². The Morgan fingerprint density at radius 2 is 2.36 bits per heavy atom. The van der Waals surface area contributed by atoms with Gasteiger partial charge >= 0.3 is 0 Å². The Bertz CT molecular complexity index is 228. The van der Waals surface area contributed by atoms with Crippen LogP contribution in [0.5, 0.6) is 0 Å². The summed E-state index contributed by atoms with van der Waals surface area (Å²) in [5.74, 6) is 1.88. The molecule has 0 amide bonds. The van der Waals surface area contributed by atoms with Gasteiger partial charge in [-0.3, -0.25) is 0 Å². The van der Waals surface area contributed by atoms with Crippen LogP contribution in [-0.4, -0.2) is 23.1 Å². The average molecular weight is 149 g/mol. The van der Waals surface area contributed by atoms with Gasteiger partial charge in [0.25, 0.3) is 0 Å². The molecule has 0 aliphatic carbocycles. The van der Waals surface area contributed by atoms with E-state index in [-0.39, 0.29) is 0 Å². The van der Waals surface area contributed by atoms with Crippen molar-refractivity contribution in [1.82, 2.24) is 9.97 Å². The Hall–Kier alpha value is -1.12. The van der Waals surface area contributed by atoms with Crippen LogP contribution >= 0.6 is 0 Å². The molecular weight excluding hydrogens is 138 g/mol. The number of hydrogen-bond donors (Lipinski definition) is 0. The fourth-order valence-corrected chi connectivity index (χ4v) is 1.36. The van der Waals surface area contributed by atoms with Gasteiger partial charge in [-0.05, 0) is 12.0 Å². The van der Waals surface area contributed by atoms with Gasteiger partial charge in [-0.15, -0.1) is 0 Å². The summed E-state index contributed by atoms with van der Waals surface area (Å²) < 4.78 is 0. The molecule has 0 unspecified atom stereocenters. The van der Waals surface area contributed by atoms with Gasteiger partial charge < -0.3 is 4.90 Å². The lowest BCUT2D eigenvalue weighted by molar-refractivity contribution is 0.443. The van der Waals surface area contributed by atoms with E-state index in [0.717, 1.165) is 24.8 Å². The van der Waals surface area contributed by atoms with E-state index in [9.17, 15) is 0 Å². The molecule has 0 radical (unpaired) electrons. The van der Waals surface area contributed by atoms with Gasteiger partial charge in [0.15, 0.2) is 0 Å². The molecule has 2 heterocycles. The third-order valence-corrected chi connectivity index (χ3v) is 1.95. The number of anilines is 1. The molecule has 3 nitrogen and oxygen atoms in total. The van der Waals surface area contributed by atoms with Crippen LogP contribution < -0.4 is 4.90 Å². The second-order valence-corrected chi connectivity index (χ2v) is 3.08. The first-order valence-electron chi connectivity index (χ1n) is 3.87. The second kappa shape index (κ2) is 2.49. The van der Waals surface area contributed by atoms with Crippen molar-refractivity contribution < 1.29 is 0 Å². The fraction of sp³-hybridized carbons (Fsp3) is 0.500. The summed E-state index contributed by atoms with van der Waals surface area (Å²) in [5.41, 5.74) is 0. The van der Waals surface area contributed by atoms with Crippen LogP contribution in [0, 0.1) is 5.92 Å². The van der Waals surface area contributed by atoms with Crippen molar-refractivity contribution in [1.29, 1.82) is 0 Å². The molecule has 11 heavy (non-hydrogen) atoms. The first kappa shape index (κ1) is 6.58. The second-order valence-electron chi connectivity index (χ2n) is 3.08. The number of aromatic nitrogens is 2. The van der Waals surface area contributed by atoms with Gasteiger partial charge in [0.2, 0.25) is 0 Å². The van der Waals surface area contributed by atoms with E-state index in [0.29, 0.717) is 0 Å². The molecule has 1 aromatic heterocycles. The zero-order valence-corrected chi connectivity index (χ0v) is 6.57. The minimum atomic E-state index is 0.824. The molecule has 0 atom stereocenters. The summed E-state index contributed by atoms with van der Waals surface area (Å²) in [5, 5.41) is 0. The van der Waals surface area contributed by atoms with Gasteiger partial charge in [0.05, 0.1) is 0 Å². The molecule has 1 aliphatic rings. The van der Waals surface area contributed by atoms with Crippen LogP contribution in [-0.2, 0) is 0 Å². The quantitative estimate of drug-likeness (QED) is 0.595. The standard InChI is InChI=1S/C8H11N3/c1-7-4-11(5-7)8-2-3-9-6-10-8/h2-3,6-7H,4-5H2,1H3. The normalized spacial score (nSPS) is 18.1. The zero-order chi connectivity index (χ0) is 7.68. The smallest absolute Gasteiger partial charge is 0.131 e. The van der Waals surface area contributed by atoms with E-state index in [1.54, 1.807) is 12.5 Å². The molecule has 2 rings (SSSR count). The topological polar surface area (TPSA) is 29.0 Å². The summed E-state index contributed by atoms with van der Waals surface area (Å²) in [7, 11) is 0. The average Bonchev–Trinajstić information content (AvgIpc) is 2.01. The van der Waals surface area contributed by atoms with Crippen LogP contribution in [0.15, 0.2) is 18.6 Å². The van der Waals surface area contributed by atoms with Crippen LogP contribution in [0.3, 0.4) is 0 Å². The van der Waals surface area contributed by atoms with Gasteiger partial charge in [-0.1, -0.05) is 6.92 Å². The molecule has 0 bridgehead atoms. The summed E-state index contributed by atoms with van der Waals surface area (Å²) in [6.07, 6.45) is 3.38. The molecule has 0 aromatic carbocycles. The molecule has 1 aromatic rings. The third kappa shape index (κ3) is 1.18. The van der Waals surface area contributed by atoms with Crippen molar-refractivity contribution in [2.24, 2.45) is 5.92 Å². The Kier molecular flexibility index (Phi) is 1.49. The van der Waals surface area contributed by atoms with Crippen molar-refractivity contribution >= 4 is 5.82 Å². The third-order valence-electron chi connectivity index (χ3n) is 1.95. The van der Waals surface area contributed by atoms with Crippen LogP contribution in [0.1, 0.15) is 6.92 Å². The fourth-order valence-electron chi connectivity index (χ4n) is 1.36. The Morgan fingerprint density at radius 1 is 1.55 bits per heavy atom. The first-order valence-corrected chi connectivity index (χ1v) is 3.87. The van der Waals surface area contributed by atoms with Crippen molar-refractivity contribution in [3.63, 3.8) is 0 Å². The summed E-state index contributed by atoms with van der Waals surface area (Å²) >= 11 is 0. The van der Waals surface area contributed by atoms with Crippen LogP contribution in [0.25, 0.3) is 0 Å². The monoisotopic (exact) mass is 149 g/mol. The maximum absolute atomic E-state index is 4.15. The SMILES string of the molecule is CC1CN(c2ccncn2)C1. The number of hydrogen-bond acceptors (Lipinski definition) is 3. The number of nitrogens with zero attached hydrogens (tertiary/aromatic N) is 3. The highest BCUT2D eigenvalue weighted by atomic mass is 15.2. The lowest BCUT2D eigenvalue weighted by atomic mass is 10.0. The van der Waals surface area contributed by atoms with Crippen LogP contribution in [0.4, 0.5) is 5.82 Å². The molecule has 3 heteroatoms. The van der Waals surface area contributed by atoms with E-state index in [4.69, 9.17) is 0 Å². The van der Waals surface area contributed by atoms with Crippen molar-refractivity contribution in [2.75, 3.05) is 18.0 Å². The molecule has 0 spiro atoms. The molecule has 58 valence electrons. The molecule has 1 aliphatic heterocycles. The summed E-state index contributed by atoms with van der Waals surface area (Å²) in [6.45, 7) is 4.52. The Morgan fingerprint density at radius 3 is 2.91 bits per heavy atom. The maximum atomic E-state index is 4.15. The van der Waals surface area contributed by atoms with Gasteiger partial charge in [0, 0.05) is 19.3 Å².